The van der Waals surface area contributed by atoms with E-state index in [1.54, 1.807) is 0 Å². The number of aliphatic hydroxyl groups is 1. The van der Waals surface area contributed by atoms with Gasteiger partial charge in [-0.25, -0.2) is 4.99 Å². The van der Waals surface area contributed by atoms with Gasteiger partial charge in [0.15, 0.2) is 0 Å². The van der Waals surface area contributed by atoms with Gasteiger partial charge < -0.3 is 16.2 Å². The second kappa shape index (κ2) is 2.69. The van der Waals surface area contributed by atoms with Crippen LogP contribution in [-0.4, -0.2) is 23.3 Å². The van der Waals surface area contributed by atoms with Crippen LogP contribution in [0, 0.1) is 0 Å². The zero-order valence-corrected chi connectivity index (χ0v) is 6.47. The van der Waals surface area contributed by atoms with E-state index in [1.165, 1.54) is 6.08 Å². The molecule has 11 heavy (non-hydrogen) atoms. The lowest BCUT2D eigenvalue weighted by Crippen LogP contribution is -2.56. The van der Waals surface area contributed by atoms with Gasteiger partial charge in [0.25, 0.3) is 0 Å². The van der Waals surface area contributed by atoms with Gasteiger partial charge in [-0.1, -0.05) is 11.6 Å². The molecule has 0 amide bonds. The largest absolute Gasteiger partial charge is 0.390 e. The predicted octanol–water partition coefficient (Wildman–Crippen LogP) is -1.37. The Morgan fingerprint density at radius 2 is 2.45 bits per heavy atom. The predicted molar refractivity (Wildman–Crippen MR) is 42.7 cm³/mol. The van der Waals surface area contributed by atoms with Crippen LogP contribution in [-0.2, 0) is 0 Å². The lowest BCUT2D eigenvalue weighted by molar-refractivity contribution is 0.182. The molecule has 6 heteroatoms. The highest BCUT2D eigenvalue weighted by atomic mass is 35.5. The maximum absolute atomic E-state index is 8.75. The molecule has 0 spiro atoms. The molecule has 0 bridgehead atoms. The van der Waals surface area contributed by atoms with Crippen molar-refractivity contribution in [2.24, 2.45) is 16.5 Å². The topological polar surface area (TPSA) is 96.7 Å². The van der Waals surface area contributed by atoms with Crippen LogP contribution in [0.4, 0.5) is 0 Å². The fourth-order valence-electron chi connectivity index (χ4n) is 0.738. The molecule has 0 radical (unpaired) electrons. The van der Waals surface area contributed by atoms with Gasteiger partial charge in [0.05, 0.1) is 0 Å². The number of nitrogens with two attached hydrogens (primary N) is 2. The number of hydrogen-bond acceptors (Lipinski definition) is 5. The van der Waals surface area contributed by atoms with Gasteiger partial charge >= 0.3 is 0 Å². The minimum atomic E-state index is -1.27. The van der Waals surface area contributed by atoms with Crippen molar-refractivity contribution in [3.05, 3.63) is 11.2 Å². The zero-order valence-electron chi connectivity index (χ0n) is 5.71. The summed E-state index contributed by atoms with van der Waals surface area (Å²) in [4.78, 5) is 3.73. The Bertz CT molecular complexity index is 227. The highest BCUT2D eigenvalue weighted by molar-refractivity contribution is 6.31. The smallest absolute Gasteiger partial charge is 0.208 e. The molecular weight excluding hydrogens is 168 g/mol. The highest BCUT2D eigenvalue weighted by Gasteiger charge is 2.26. The van der Waals surface area contributed by atoms with Crippen LogP contribution in [0.5, 0.6) is 0 Å². The van der Waals surface area contributed by atoms with Crippen molar-refractivity contribution >= 4 is 17.4 Å². The molecule has 1 heterocycles. The monoisotopic (exact) mass is 176 g/mol. The van der Waals surface area contributed by atoms with Crippen molar-refractivity contribution in [3.63, 3.8) is 0 Å². The zero-order chi connectivity index (χ0) is 8.48. The molecule has 0 aromatic carbocycles. The number of halogens is 1. The molecule has 0 aliphatic carbocycles. The standard InChI is InChI=1S/C5H9ClN4O/c6-3-1-4(7)10-5(8,2-11)9-3/h1,9,11H,2,8H2,(H2,7,10). The summed E-state index contributed by atoms with van der Waals surface area (Å²) in [6, 6.07) is 0. The van der Waals surface area contributed by atoms with Crippen LogP contribution in [0.3, 0.4) is 0 Å². The Kier molecular flexibility index (Phi) is 2.03. The number of hydrogen-bond donors (Lipinski definition) is 4. The summed E-state index contributed by atoms with van der Waals surface area (Å²) < 4.78 is 0. The second-order valence-corrected chi connectivity index (χ2v) is 2.64. The lowest BCUT2D eigenvalue weighted by atomic mass is 10.3. The normalized spacial score (nSPS) is 30.5. The minimum absolute atomic E-state index is 0.199. The molecule has 0 saturated carbocycles. The number of aliphatic hydroxyl groups excluding tert-OH is 1. The fraction of sp³-hybridized carbons (Fsp3) is 0.400. The molecule has 0 fully saturated rings. The van der Waals surface area contributed by atoms with Crippen LogP contribution in [0.25, 0.3) is 0 Å². The van der Waals surface area contributed by atoms with Gasteiger partial charge in [-0.15, -0.1) is 0 Å². The van der Waals surface area contributed by atoms with Gasteiger partial charge in [0.1, 0.15) is 17.6 Å². The molecule has 1 rings (SSSR count). The maximum atomic E-state index is 8.75. The van der Waals surface area contributed by atoms with Crippen LogP contribution >= 0.6 is 11.6 Å². The highest BCUT2D eigenvalue weighted by Crippen LogP contribution is 2.09. The van der Waals surface area contributed by atoms with Gasteiger partial charge in [-0.2, -0.15) is 0 Å². The molecular formula is C5H9ClN4O. The SMILES string of the molecule is NC1=NC(N)(CO)NC(Cl)=C1. The minimum Gasteiger partial charge on any atom is -0.390 e. The number of amidine groups is 1. The van der Waals surface area contributed by atoms with E-state index in [2.05, 4.69) is 10.3 Å². The third-order valence-corrected chi connectivity index (χ3v) is 1.38. The van der Waals surface area contributed by atoms with Gasteiger partial charge in [0.2, 0.25) is 5.79 Å². The van der Waals surface area contributed by atoms with E-state index in [1.807, 2.05) is 0 Å². The first-order valence-electron chi connectivity index (χ1n) is 2.96. The van der Waals surface area contributed by atoms with Gasteiger partial charge in [-0.3, -0.25) is 5.73 Å². The Morgan fingerprint density at radius 1 is 1.82 bits per heavy atom. The molecule has 1 unspecified atom stereocenters. The van der Waals surface area contributed by atoms with Crippen molar-refractivity contribution in [1.82, 2.24) is 5.32 Å². The van der Waals surface area contributed by atoms with Crippen molar-refractivity contribution in [1.29, 1.82) is 0 Å². The maximum Gasteiger partial charge on any atom is 0.208 e. The number of nitrogens with zero attached hydrogens (tertiary/aromatic N) is 1. The average molecular weight is 177 g/mol. The summed E-state index contributed by atoms with van der Waals surface area (Å²) in [6.45, 7) is -0.363. The third-order valence-electron chi connectivity index (χ3n) is 1.18. The summed E-state index contributed by atoms with van der Waals surface area (Å²) in [5.41, 5.74) is 10.8. The number of rotatable bonds is 1. The van der Waals surface area contributed by atoms with E-state index in [0.29, 0.717) is 0 Å². The molecule has 1 aliphatic heterocycles. The lowest BCUT2D eigenvalue weighted by Gasteiger charge is -2.27. The first kappa shape index (κ1) is 8.32. The van der Waals surface area contributed by atoms with Crippen molar-refractivity contribution < 1.29 is 5.11 Å². The van der Waals surface area contributed by atoms with Crippen LogP contribution < -0.4 is 16.8 Å². The van der Waals surface area contributed by atoms with E-state index in [-0.39, 0.29) is 17.6 Å². The van der Waals surface area contributed by atoms with E-state index in [9.17, 15) is 0 Å². The average Bonchev–Trinajstić information content (AvgIpc) is 1.84. The van der Waals surface area contributed by atoms with E-state index in [0.717, 1.165) is 0 Å². The first-order chi connectivity index (χ1) is 5.06. The fourth-order valence-corrected chi connectivity index (χ4v) is 1.01. The number of nitrogens with one attached hydrogen (secondary N) is 1. The van der Waals surface area contributed by atoms with Gasteiger partial charge in [0, 0.05) is 6.08 Å². The summed E-state index contributed by atoms with van der Waals surface area (Å²) in [5, 5.41) is 11.6. The first-order valence-corrected chi connectivity index (χ1v) is 3.34. The molecule has 5 nitrogen and oxygen atoms in total. The molecule has 62 valence electrons. The Labute approximate surface area is 68.7 Å². The molecule has 0 aromatic rings. The molecule has 0 aromatic heterocycles. The second-order valence-electron chi connectivity index (χ2n) is 2.24. The molecule has 1 atom stereocenters. The van der Waals surface area contributed by atoms with Crippen molar-refractivity contribution in [3.8, 4) is 0 Å². The molecule has 0 saturated heterocycles. The van der Waals surface area contributed by atoms with Crippen molar-refractivity contribution in [2.75, 3.05) is 6.61 Å². The van der Waals surface area contributed by atoms with Crippen LogP contribution in [0.2, 0.25) is 0 Å². The quantitative estimate of drug-likeness (QED) is 0.371. The van der Waals surface area contributed by atoms with Crippen molar-refractivity contribution in [2.45, 2.75) is 5.79 Å². The Hall–Kier alpha value is -0.780. The summed E-state index contributed by atoms with van der Waals surface area (Å²) in [6.07, 6.45) is 1.42. The third kappa shape index (κ3) is 1.83. The van der Waals surface area contributed by atoms with Gasteiger partial charge in [-0.05, 0) is 0 Å². The number of aliphatic imine (C=N–C) groups is 1. The van der Waals surface area contributed by atoms with E-state index < -0.39 is 5.79 Å². The molecule has 1 aliphatic rings. The van der Waals surface area contributed by atoms with E-state index in [4.69, 9.17) is 28.2 Å². The van der Waals surface area contributed by atoms with Crippen LogP contribution in [0.15, 0.2) is 16.2 Å². The summed E-state index contributed by atoms with van der Waals surface area (Å²) >= 11 is 5.57. The Morgan fingerprint density at radius 3 is 2.91 bits per heavy atom. The Balaban J connectivity index is 2.86. The van der Waals surface area contributed by atoms with E-state index >= 15 is 0 Å². The van der Waals surface area contributed by atoms with Crippen LogP contribution in [0.1, 0.15) is 0 Å². The summed E-state index contributed by atoms with van der Waals surface area (Å²) in [7, 11) is 0. The molecule has 6 N–H and O–H groups in total. The summed E-state index contributed by atoms with van der Waals surface area (Å²) in [5.74, 6) is -1.07.